The minimum Gasteiger partial charge on any atom is -0.450 e. The molecular weight excluding hydrogens is 180 g/mol. The number of hydrogen-bond donors (Lipinski definition) is 2. The second kappa shape index (κ2) is 5.11. The SMILES string of the molecule is NC(=O)OCCCc1cccc(N)c1. The number of nitrogen functional groups attached to an aromatic ring is 1. The summed E-state index contributed by atoms with van der Waals surface area (Å²) in [6.45, 7) is 0.351. The van der Waals surface area contributed by atoms with Gasteiger partial charge in [-0.25, -0.2) is 4.79 Å². The van der Waals surface area contributed by atoms with Gasteiger partial charge in [0.25, 0.3) is 0 Å². The van der Waals surface area contributed by atoms with E-state index in [4.69, 9.17) is 11.5 Å². The van der Waals surface area contributed by atoms with Crippen molar-refractivity contribution in [3.63, 3.8) is 0 Å². The van der Waals surface area contributed by atoms with Gasteiger partial charge in [-0.15, -0.1) is 0 Å². The average Bonchev–Trinajstić information content (AvgIpc) is 2.12. The predicted molar refractivity (Wildman–Crippen MR) is 54.7 cm³/mol. The Bertz CT molecular complexity index is 313. The van der Waals surface area contributed by atoms with Gasteiger partial charge in [0.15, 0.2) is 0 Å². The van der Waals surface area contributed by atoms with Crippen molar-refractivity contribution in [1.29, 1.82) is 0 Å². The van der Waals surface area contributed by atoms with E-state index < -0.39 is 6.09 Å². The van der Waals surface area contributed by atoms with Gasteiger partial charge in [-0.05, 0) is 30.5 Å². The number of aryl methyl sites for hydroxylation is 1. The summed E-state index contributed by atoms with van der Waals surface area (Å²) in [5.41, 5.74) is 12.3. The van der Waals surface area contributed by atoms with Crippen molar-refractivity contribution in [1.82, 2.24) is 0 Å². The number of ether oxygens (including phenoxy) is 1. The van der Waals surface area contributed by atoms with E-state index in [2.05, 4.69) is 4.74 Å². The molecule has 4 nitrogen and oxygen atoms in total. The first kappa shape index (κ1) is 10.4. The number of anilines is 1. The van der Waals surface area contributed by atoms with Crippen LogP contribution in [0.2, 0.25) is 0 Å². The van der Waals surface area contributed by atoms with E-state index in [1.165, 1.54) is 0 Å². The maximum atomic E-state index is 10.2. The highest BCUT2D eigenvalue weighted by atomic mass is 16.5. The van der Waals surface area contributed by atoms with Crippen LogP contribution in [0.5, 0.6) is 0 Å². The summed E-state index contributed by atoms with van der Waals surface area (Å²) in [6.07, 6.45) is 0.864. The Hall–Kier alpha value is -1.71. The number of carbonyl (C=O) groups excluding carboxylic acids is 1. The smallest absolute Gasteiger partial charge is 0.404 e. The second-order valence-corrected chi connectivity index (χ2v) is 3.02. The summed E-state index contributed by atoms with van der Waals surface area (Å²) in [4.78, 5) is 10.2. The first-order valence-corrected chi connectivity index (χ1v) is 4.45. The molecule has 1 aromatic carbocycles. The van der Waals surface area contributed by atoms with E-state index in [1.54, 1.807) is 0 Å². The Labute approximate surface area is 82.8 Å². The number of hydrogen-bond acceptors (Lipinski definition) is 3. The maximum Gasteiger partial charge on any atom is 0.404 e. The Morgan fingerprint density at radius 2 is 2.21 bits per heavy atom. The molecule has 1 rings (SSSR count). The predicted octanol–water partition coefficient (Wildman–Crippen LogP) is 1.30. The number of amides is 1. The molecule has 0 saturated carbocycles. The van der Waals surface area contributed by atoms with Crippen LogP contribution < -0.4 is 11.5 Å². The minimum atomic E-state index is -0.724. The Morgan fingerprint density at radius 3 is 2.86 bits per heavy atom. The van der Waals surface area contributed by atoms with Gasteiger partial charge < -0.3 is 16.2 Å². The molecule has 4 N–H and O–H groups in total. The van der Waals surface area contributed by atoms with Crippen LogP contribution in [0.25, 0.3) is 0 Å². The normalized spacial score (nSPS) is 9.71. The fourth-order valence-corrected chi connectivity index (χ4v) is 1.20. The zero-order valence-corrected chi connectivity index (χ0v) is 7.90. The van der Waals surface area contributed by atoms with Crippen LogP contribution in [0.3, 0.4) is 0 Å². The molecule has 0 aliphatic carbocycles. The van der Waals surface area contributed by atoms with Crippen molar-refractivity contribution < 1.29 is 9.53 Å². The first-order chi connectivity index (χ1) is 6.68. The third-order valence-corrected chi connectivity index (χ3v) is 1.81. The van der Waals surface area contributed by atoms with Crippen molar-refractivity contribution in [2.45, 2.75) is 12.8 Å². The molecule has 1 amide bonds. The van der Waals surface area contributed by atoms with Gasteiger partial charge in [-0.1, -0.05) is 12.1 Å². The molecule has 0 atom stereocenters. The average molecular weight is 194 g/mol. The van der Waals surface area contributed by atoms with Crippen molar-refractivity contribution in [2.75, 3.05) is 12.3 Å². The molecule has 4 heteroatoms. The van der Waals surface area contributed by atoms with Gasteiger partial charge in [0.1, 0.15) is 0 Å². The van der Waals surface area contributed by atoms with E-state index in [1.807, 2.05) is 24.3 Å². The van der Waals surface area contributed by atoms with E-state index in [-0.39, 0.29) is 0 Å². The molecule has 0 saturated heterocycles. The zero-order chi connectivity index (χ0) is 10.4. The van der Waals surface area contributed by atoms with Crippen LogP contribution >= 0.6 is 0 Å². The lowest BCUT2D eigenvalue weighted by molar-refractivity contribution is 0.155. The first-order valence-electron chi connectivity index (χ1n) is 4.45. The van der Waals surface area contributed by atoms with Crippen LogP contribution in [0.15, 0.2) is 24.3 Å². The molecule has 1 aromatic rings. The minimum absolute atomic E-state index is 0.351. The van der Waals surface area contributed by atoms with Crippen LogP contribution in [0, 0.1) is 0 Å². The highest BCUT2D eigenvalue weighted by molar-refractivity contribution is 5.64. The number of nitrogens with two attached hydrogens (primary N) is 2. The van der Waals surface area contributed by atoms with Gasteiger partial charge in [0.05, 0.1) is 6.61 Å². The Morgan fingerprint density at radius 1 is 1.43 bits per heavy atom. The summed E-state index contributed by atoms with van der Waals surface area (Å²) in [6, 6.07) is 7.63. The van der Waals surface area contributed by atoms with Gasteiger partial charge in [0, 0.05) is 5.69 Å². The lowest BCUT2D eigenvalue weighted by Gasteiger charge is -2.02. The third-order valence-electron chi connectivity index (χ3n) is 1.81. The molecule has 0 radical (unpaired) electrons. The molecular formula is C10H14N2O2. The molecule has 0 heterocycles. The topological polar surface area (TPSA) is 78.3 Å². The van der Waals surface area contributed by atoms with Crippen LogP contribution in [0.1, 0.15) is 12.0 Å². The Balaban J connectivity index is 2.28. The monoisotopic (exact) mass is 194 g/mol. The number of carbonyl (C=O) groups is 1. The fourth-order valence-electron chi connectivity index (χ4n) is 1.20. The molecule has 0 aromatic heterocycles. The number of primary amides is 1. The highest BCUT2D eigenvalue weighted by Gasteiger charge is 1.96. The quantitative estimate of drug-likeness (QED) is 0.560. The molecule has 0 aliphatic rings. The summed E-state index contributed by atoms with van der Waals surface area (Å²) in [5.74, 6) is 0. The van der Waals surface area contributed by atoms with Crippen molar-refractivity contribution >= 4 is 11.8 Å². The second-order valence-electron chi connectivity index (χ2n) is 3.02. The molecule has 0 fully saturated rings. The standard InChI is InChI=1S/C10H14N2O2/c11-9-5-1-3-8(7-9)4-2-6-14-10(12)13/h1,3,5,7H,2,4,6,11H2,(H2,12,13). The highest BCUT2D eigenvalue weighted by Crippen LogP contribution is 2.08. The molecule has 0 aliphatic heterocycles. The molecule has 0 unspecified atom stereocenters. The van der Waals surface area contributed by atoms with E-state index in [0.29, 0.717) is 6.61 Å². The van der Waals surface area contributed by atoms with Gasteiger partial charge >= 0.3 is 6.09 Å². The molecule has 0 spiro atoms. The summed E-state index contributed by atoms with van der Waals surface area (Å²) in [7, 11) is 0. The largest absolute Gasteiger partial charge is 0.450 e. The lowest BCUT2D eigenvalue weighted by Crippen LogP contribution is -2.13. The maximum absolute atomic E-state index is 10.2. The summed E-state index contributed by atoms with van der Waals surface area (Å²) >= 11 is 0. The number of rotatable bonds is 4. The van der Waals surface area contributed by atoms with E-state index in [9.17, 15) is 4.79 Å². The number of benzene rings is 1. The van der Waals surface area contributed by atoms with Crippen LogP contribution in [-0.4, -0.2) is 12.7 Å². The van der Waals surface area contributed by atoms with Crippen LogP contribution in [0.4, 0.5) is 10.5 Å². The van der Waals surface area contributed by atoms with Crippen LogP contribution in [-0.2, 0) is 11.2 Å². The third kappa shape index (κ3) is 3.80. The molecule has 76 valence electrons. The van der Waals surface area contributed by atoms with Gasteiger partial charge in [0.2, 0.25) is 0 Å². The van der Waals surface area contributed by atoms with Gasteiger partial charge in [-0.2, -0.15) is 0 Å². The fraction of sp³-hybridized carbons (Fsp3) is 0.300. The van der Waals surface area contributed by atoms with Crippen molar-refractivity contribution in [2.24, 2.45) is 5.73 Å². The lowest BCUT2D eigenvalue weighted by atomic mass is 10.1. The summed E-state index contributed by atoms with van der Waals surface area (Å²) < 4.78 is 4.60. The Kier molecular flexibility index (Phi) is 3.79. The zero-order valence-electron chi connectivity index (χ0n) is 7.90. The van der Waals surface area contributed by atoms with E-state index in [0.717, 1.165) is 24.1 Å². The van der Waals surface area contributed by atoms with E-state index >= 15 is 0 Å². The van der Waals surface area contributed by atoms with Crippen molar-refractivity contribution in [3.05, 3.63) is 29.8 Å². The molecule has 14 heavy (non-hydrogen) atoms. The summed E-state index contributed by atoms with van der Waals surface area (Å²) in [5, 5.41) is 0. The van der Waals surface area contributed by atoms with Gasteiger partial charge in [-0.3, -0.25) is 0 Å². The molecule has 0 bridgehead atoms. The van der Waals surface area contributed by atoms with Crippen molar-refractivity contribution in [3.8, 4) is 0 Å².